The first-order valence-corrected chi connectivity index (χ1v) is 6.75. The molecule has 1 aromatic carbocycles. The van der Waals surface area contributed by atoms with E-state index in [0.29, 0.717) is 5.75 Å². The summed E-state index contributed by atoms with van der Waals surface area (Å²) >= 11 is 0. The molecule has 1 aromatic rings. The van der Waals surface area contributed by atoms with Crippen molar-refractivity contribution in [2.45, 2.75) is 26.9 Å². The SMILES string of the molecule is CNC(=O)NC(=O)C(C)OC(=O)COc1cc(C)cc(C)c1. The molecule has 0 saturated carbocycles. The molecule has 0 aliphatic heterocycles. The number of imide groups is 1. The Hall–Kier alpha value is -2.57. The number of aryl methyl sites for hydroxylation is 2. The summed E-state index contributed by atoms with van der Waals surface area (Å²) in [4.78, 5) is 34.1. The number of benzene rings is 1. The van der Waals surface area contributed by atoms with Crippen LogP contribution in [0.25, 0.3) is 0 Å². The van der Waals surface area contributed by atoms with Crippen LogP contribution in [0.5, 0.6) is 5.75 Å². The van der Waals surface area contributed by atoms with Crippen LogP contribution in [-0.4, -0.2) is 37.7 Å². The Morgan fingerprint density at radius 3 is 2.27 bits per heavy atom. The lowest BCUT2D eigenvalue weighted by molar-refractivity contribution is -0.156. The third-order valence-corrected chi connectivity index (χ3v) is 2.69. The number of rotatable bonds is 5. The second kappa shape index (κ2) is 8.02. The summed E-state index contributed by atoms with van der Waals surface area (Å²) in [6.07, 6.45) is -1.09. The van der Waals surface area contributed by atoms with E-state index in [1.165, 1.54) is 14.0 Å². The van der Waals surface area contributed by atoms with Crippen molar-refractivity contribution < 1.29 is 23.9 Å². The number of carbonyl (C=O) groups is 3. The third kappa shape index (κ3) is 5.82. The minimum atomic E-state index is -1.09. The highest BCUT2D eigenvalue weighted by Crippen LogP contribution is 2.16. The van der Waals surface area contributed by atoms with E-state index < -0.39 is 24.0 Å². The largest absolute Gasteiger partial charge is 0.482 e. The van der Waals surface area contributed by atoms with Crippen molar-refractivity contribution >= 4 is 17.9 Å². The minimum absolute atomic E-state index is 0.319. The number of nitrogens with one attached hydrogen (secondary N) is 2. The van der Waals surface area contributed by atoms with E-state index in [2.05, 4.69) is 5.32 Å². The van der Waals surface area contributed by atoms with Crippen molar-refractivity contribution in [3.63, 3.8) is 0 Å². The van der Waals surface area contributed by atoms with Crippen molar-refractivity contribution in [1.29, 1.82) is 0 Å². The summed E-state index contributed by atoms with van der Waals surface area (Å²) in [5, 5.41) is 4.24. The Morgan fingerprint density at radius 2 is 1.73 bits per heavy atom. The molecule has 0 radical (unpaired) electrons. The van der Waals surface area contributed by atoms with Crippen LogP contribution >= 0.6 is 0 Å². The minimum Gasteiger partial charge on any atom is -0.482 e. The second-order valence-electron chi connectivity index (χ2n) is 4.81. The van der Waals surface area contributed by atoms with Gasteiger partial charge in [-0.3, -0.25) is 10.1 Å². The van der Waals surface area contributed by atoms with Crippen LogP contribution in [0, 0.1) is 13.8 Å². The first-order valence-electron chi connectivity index (χ1n) is 6.75. The van der Waals surface area contributed by atoms with Gasteiger partial charge in [0.25, 0.3) is 5.91 Å². The molecule has 120 valence electrons. The van der Waals surface area contributed by atoms with Gasteiger partial charge in [0.05, 0.1) is 0 Å². The van der Waals surface area contributed by atoms with Gasteiger partial charge in [-0.2, -0.15) is 0 Å². The van der Waals surface area contributed by atoms with E-state index in [4.69, 9.17) is 9.47 Å². The van der Waals surface area contributed by atoms with Gasteiger partial charge in [0.15, 0.2) is 12.7 Å². The summed E-state index contributed by atoms with van der Waals surface area (Å²) in [5.74, 6) is -0.852. The first-order chi connectivity index (χ1) is 10.3. The summed E-state index contributed by atoms with van der Waals surface area (Å²) in [5.41, 5.74) is 2.03. The van der Waals surface area contributed by atoms with Crippen LogP contribution in [0.1, 0.15) is 18.1 Å². The molecule has 7 heteroatoms. The van der Waals surface area contributed by atoms with E-state index >= 15 is 0 Å². The van der Waals surface area contributed by atoms with Crippen LogP contribution in [0.2, 0.25) is 0 Å². The molecule has 0 aliphatic rings. The number of hydrogen-bond donors (Lipinski definition) is 2. The van der Waals surface area contributed by atoms with Gasteiger partial charge in [-0.15, -0.1) is 0 Å². The number of esters is 1. The fourth-order valence-electron chi connectivity index (χ4n) is 1.72. The molecule has 0 heterocycles. The predicted octanol–water partition coefficient (Wildman–Crippen LogP) is 1.07. The molecular formula is C15H20N2O5. The van der Waals surface area contributed by atoms with E-state index in [-0.39, 0.29) is 6.61 Å². The number of carbonyl (C=O) groups excluding carboxylic acids is 3. The fraction of sp³-hybridized carbons (Fsp3) is 0.400. The second-order valence-corrected chi connectivity index (χ2v) is 4.81. The van der Waals surface area contributed by atoms with E-state index in [9.17, 15) is 14.4 Å². The van der Waals surface area contributed by atoms with Crippen LogP contribution in [0.4, 0.5) is 4.79 Å². The van der Waals surface area contributed by atoms with Gasteiger partial charge in [-0.1, -0.05) is 6.07 Å². The van der Waals surface area contributed by atoms with Gasteiger partial charge < -0.3 is 14.8 Å². The normalized spacial score (nSPS) is 11.3. The van der Waals surface area contributed by atoms with Crippen molar-refractivity contribution in [1.82, 2.24) is 10.6 Å². The highest BCUT2D eigenvalue weighted by atomic mass is 16.6. The molecule has 7 nitrogen and oxygen atoms in total. The molecule has 1 unspecified atom stereocenters. The van der Waals surface area contributed by atoms with E-state index in [1.807, 2.05) is 25.2 Å². The Morgan fingerprint density at radius 1 is 1.14 bits per heavy atom. The quantitative estimate of drug-likeness (QED) is 0.794. The Labute approximate surface area is 129 Å². The highest BCUT2D eigenvalue weighted by molar-refractivity contribution is 5.97. The van der Waals surface area contributed by atoms with Crippen molar-refractivity contribution in [3.8, 4) is 5.75 Å². The Balaban J connectivity index is 2.45. The topological polar surface area (TPSA) is 93.7 Å². The lowest BCUT2D eigenvalue weighted by atomic mass is 10.1. The van der Waals surface area contributed by atoms with Gasteiger partial charge in [0.1, 0.15) is 5.75 Å². The molecule has 0 aliphatic carbocycles. The zero-order valence-electron chi connectivity index (χ0n) is 13.1. The monoisotopic (exact) mass is 308 g/mol. The molecule has 0 spiro atoms. The van der Waals surface area contributed by atoms with Gasteiger partial charge in [0, 0.05) is 7.05 Å². The van der Waals surface area contributed by atoms with Crippen LogP contribution in [0.15, 0.2) is 18.2 Å². The van der Waals surface area contributed by atoms with Gasteiger partial charge in [-0.05, 0) is 44.0 Å². The van der Waals surface area contributed by atoms with Crippen molar-refractivity contribution in [2.24, 2.45) is 0 Å². The van der Waals surface area contributed by atoms with Crippen molar-refractivity contribution in [3.05, 3.63) is 29.3 Å². The molecule has 2 N–H and O–H groups in total. The zero-order chi connectivity index (χ0) is 16.7. The molecular weight excluding hydrogens is 288 g/mol. The van der Waals surface area contributed by atoms with Gasteiger partial charge >= 0.3 is 12.0 Å². The Kier molecular flexibility index (Phi) is 6.37. The van der Waals surface area contributed by atoms with Crippen LogP contribution < -0.4 is 15.4 Å². The summed E-state index contributed by atoms with van der Waals surface area (Å²) < 4.78 is 10.2. The number of urea groups is 1. The van der Waals surface area contributed by atoms with E-state index in [1.54, 1.807) is 12.1 Å². The summed E-state index contributed by atoms with van der Waals surface area (Å²) in [7, 11) is 1.37. The summed E-state index contributed by atoms with van der Waals surface area (Å²) in [6.45, 7) is 4.89. The maximum Gasteiger partial charge on any atom is 0.344 e. The number of ether oxygens (including phenoxy) is 2. The smallest absolute Gasteiger partial charge is 0.344 e. The van der Waals surface area contributed by atoms with E-state index in [0.717, 1.165) is 11.1 Å². The molecule has 3 amide bonds. The molecule has 1 atom stereocenters. The lowest BCUT2D eigenvalue weighted by Crippen LogP contribution is -2.43. The predicted molar refractivity (Wildman–Crippen MR) is 79.6 cm³/mol. The molecule has 0 aromatic heterocycles. The average molecular weight is 308 g/mol. The maximum absolute atomic E-state index is 11.6. The molecule has 22 heavy (non-hydrogen) atoms. The van der Waals surface area contributed by atoms with Crippen LogP contribution in [0.3, 0.4) is 0 Å². The fourth-order valence-corrected chi connectivity index (χ4v) is 1.72. The Bertz CT molecular complexity index is 551. The summed E-state index contributed by atoms with van der Waals surface area (Å²) in [6, 6.07) is 4.90. The number of hydrogen-bond acceptors (Lipinski definition) is 5. The van der Waals surface area contributed by atoms with Crippen LogP contribution in [-0.2, 0) is 14.3 Å². The third-order valence-electron chi connectivity index (χ3n) is 2.69. The maximum atomic E-state index is 11.6. The highest BCUT2D eigenvalue weighted by Gasteiger charge is 2.19. The van der Waals surface area contributed by atoms with Gasteiger partial charge in [0.2, 0.25) is 0 Å². The van der Waals surface area contributed by atoms with Gasteiger partial charge in [-0.25, -0.2) is 9.59 Å². The zero-order valence-corrected chi connectivity index (χ0v) is 13.1. The standard InChI is InChI=1S/C15H20N2O5/c1-9-5-10(2)7-12(6-9)21-8-13(18)22-11(3)14(19)17-15(20)16-4/h5-7,11H,8H2,1-4H3,(H2,16,17,19,20). The average Bonchev–Trinajstić information content (AvgIpc) is 2.43. The molecule has 0 bridgehead atoms. The number of amides is 3. The van der Waals surface area contributed by atoms with Crippen molar-refractivity contribution in [2.75, 3.05) is 13.7 Å². The molecule has 1 rings (SSSR count). The molecule has 0 fully saturated rings. The lowest BCUT2D eigenvalue weighted by Gasteiger charge is -2.13. The first kappa shape index (κ1) is 17.5. The molecule has 0 saturated heterocycles.